The van der Waals surface area contributed by atoms with E-state index in [9.17, 15) is 36.9 Å². The molecule has 4 rings (SSSR count). The van der Waals surface area contributed by atoms with Crippen LogP contribution < -0.4 is 14.5 Å². The Morgan fingerprint density at radius 3 is 2.17 bits per heavy atom. The van der Waals surface area contributed by atoms with Gasteiger partial charge in [0.1, 0.15) is 22.5 Å². The molecule has 2 aromatic heterocycles. The molecule has 254 valence electrons. The quantitative estimate of drug-likeness (QED) is 0.141. The number of benzene rings is 2. The van der Waals surface area contributed by atoms with Gasteiger partial charge in [0.25, 0.3) is 11.6 Å². The molecule has 0 aliphatic heterocycles. The first-order chi connectivity index (χ1) is 22.6. The molecule has 0 saturated carbocycles. The predicted octanol–water partition coefficient (Wildman–Crippen LogP) is 5.87. The highest BCUT2D eigenvalue weighted by Gasteiger charge is 2.33. The van der Waals surface area contributed by atoms with Gasteiger partial charge in [0.2, 0.25) is 10.0 Å². The summed E-state index contributed by atoms with van der Waals surface area (Å²) in [6.07, 6.45) is 1.30. The van der Waals surface area contributed by atoms with Gasteiger partial charge in [-0.25, -0.2) is 27.0 Å². The van der Waals surface area contributed by atoms with E-state index in [-0.39, 0.29) is 40.9 Å². The van der Waals surface area contributed by atoms with Crippen LogP contribution >= 0.6 is 11.3 Å². The molecule has 0 radical (unpaired) electrons. The minimum Gasteiger partial charge on any atom is -0.449 e. The molecular formula is C31H32F2N6O7S2. The van der Waals surface area contributed by atoms with Crippen LogP contribution in [0.15, 0.2) is 60.8 Å². The lowest BCUT2D eigenvalue weighted by atomic mass is 10.0. The van der Waals surface area contributed by atoms with Crippen molar-refractivity contribution >= 4 is 55.6 Å². The fourth-order valence-corrected chi connectivity index (χ4v) is 6.38. The second kappa shape index (κ2) is 14.8. The maximum atomic E-state index is 14.9. The number of hydrogen-bond acceptors (Lipinski definition) is 10. The number of amides is 2. The summed E-state index contributed by atoms with van der Waals surface area (Å²) in [6, 6.07) is 11.7. The molecule has 4 aromatic rings. The molecule has 0 fully saturated rings. The average Bonchev–Trinajstić information content (AvgIpc) is 3.38. The van der Waals surface area contributed by atoms with Crippen LogP contribution in [0.25, 0.3) is 10.4 Å². The van der Waals surface area contributed by atoms with Crippen molar-refractivity contribution in [3.63, 3.8) is 0 Å². The molecule has 0 aliphatic carbocycles. The number of carbonyl (C=O) groups is 2. The first-order valence-electron chi connectivity index (χ1n) is 14.3. The molecule has 17 heteroatoms. The first-order valence-corrected chi connectivity index (χ1v) is 16.9. The fourth-order valence-electron chi connectivity index (χ4n) is 4.59. The Labute approximate surface area is 279 Å². The van der Waals surface area contributed by atoms with Crippen LogP contribution in [0, 0.1) is 21.7 Å². The zero-order valence-corrected chi connectivity index (χ0v) is 28.2. The van der Waals surface area contributed by atoms with Gasteiger partial charge in [0.05, 0.1) is 41.8 Å². The van der Waals surface area contributed by atoms with Crippen LogP contribution in [0.4, 0.5) is 35.8 Å². The molecule has 0 atom stereocenters. The number of thiophene rings is 1. The molecule has 48 heavy (non-hydrogen) atoms. The number of non-ortho nitro benzene ring substituents is 1. The lowest BCUT2D eigenvalue weighted by molar-refractivity contribution is -0.384. The number of ether oxygens (including phenoxy) is 1. The Kier molecular flexibility index (Phi) is 11.1. The van der Waals surface area contributed by atoms with Crippen LogP contribution in [-0.4, -0.2) is 69.2 Å². The summed E-state index contributed by atoms with van der Waals surface area (Å²) in [7, 11) is 1.25. The molecule has 0 unspecified atom stereocenters. The monoisotopic (exact) mass is 702 g/mol. The Morgan fingerprint density at radius 2 is 1.65 bits per heavy atom. The summed E-state index contributed by atoms with van der Waals surface area (Å²) in [4.78, 5) is 45.8. The van der Waals surface area contributed by atoms with E-state index in [4.69, 9.17) is 4.74 Å². The van der Waals surface area contributed by atoms with E-state index >= 15 is 0 Å². The van der Waals surface area contributed by atoms with E-state index in [1.54, 1.807) is 25.9 Å². The molecule has 0 aliphatic rings. The van der Waals surface area contributed by atoms with Gasteiger partial charge >= 0.3 is 6.09 Å². The SMILES string of the molecule is CCOC(=O)N(Cc1c(F)cccc1F)c1sc(-c2ccc([N+](=O)[O-])cc2)c(CN(C)C)c1C(=O)Nc1ccc(N(C)S(C)(=O)=O)cn1. The predicted molar refractivity (Wildman–Crippen MR) is 179 cm³/mol. The molecule has 2 aromatic carbocycles. The molecule has 0 spiro atoms. The van der Waals surface area contributed by atoms with Crippen molar-refractivity contribution in [2.75, 3.05) is 48.5 Å². The standard InChI is InChI=1S/C31H32F2N6O7S2/c1-6-46-31(41)38(18-22-24(32)8-7-9-25(22)33)30-27(29(40)35-26-15-14-21(16-34-26)37(4)48(5,44)45)23(17-36(2)3)28(47-30)19-10-12-20(13-11-19)39(42)43/h7-16H,6,17-18H2,1-5H3,(H,34,35,40). The Bertz CT molecular complexity index is 1920. The number of halogens is 2. The number of sulfonamides is 1. The molecule has 0 saturated heterocycles. The minimum atomic E-state index is -3.58. The lowest BCUT2D eigenvalue weighted by Gasteiger charge is -2.23. The van der Waals surface area contributed by atoms with Gasteiger partial charge < -0.3 is 15.0 Å². The minimum absolute atomic E-state index is 0.00719. The molecule has 1 N–H and O–H groups in total. The number of nitro benzene ring substituents is 1. The van der Waals surface area contributed by atoms with Gasteiger partial charge in [-0.3, -0.25) is 24.1 Å². The molecule has 13 nitrogen and oxygen atoms in total. The molecular weight excluding hydrogens is 671 g/mol. The van der Waals surface area contributed by atoms with E-state index in [1.807, 2.05) is 0 Å². The van der Waals surface area contributed by atoms with Crippen LogP contribution in [0.1, 0.15) is 28.4 Å². The number of hydrogen-bond donors (Lipinski definition) is 1. The lowest BCUT2D eigenvalue weighted by Crippen LogP contribution is -2.33. The highest BCUT2D eigenvalue weighted by atomic mass is 32.2. The third kappa shape index (κ3) is 8.10. The number of carbonyl (C=O) groups excluding carboxylic acids is 2. The van der Waals surface area contributed by atoms with Crippen LogP contribution in [0.2, 0.25) is 0 Å². The summed E-state index contributed by atoms with van der Waals surface area (Å²) in [5.74, 6) is -2.54. The van der Waals surface area contributed by atoms with Crippen LogP contribution in [0.3, 0.4) is 0 Å². The van der Waals surface area contributed by atoms with Crippen molar-refractivity contribution in [2.45, 2.75) is 20.0 Å². The second-order valence-corrected chi connectivity index (χ2v) is 13.7. The van der Waals surface area contributed by atoms with E-state index in [1.165, 1.54) is 55.7 Å². The normalized spacial score (nSPS) is 11.3. The molecule has 2 amide bonds. The fraction of sp³-hybridized carbons (Fsp3) is 0.258. The zero-order chi connectivity index (χ0) is 35.3. The van der Waals surface area contributed by atoms with Crippen molar-refractivity contribution in [2.24, 2.45) is 0 Å². The van der Waals surface area contributed by atoms with E-state index in [0.29, 0.717) is 16.0 Å². The van der Waals surface area contributed by atoms with Gasteiger partial charge in [0, 0.05) is 36.2 Å². The van der Waals surface area contributed by atoms with Crippen molar-refractivity contribution in [1.82, 2.24) is 9.88 Å². The van der Waals surface area contributed by atoms with Gasteiger partial charge in [-0.15, -0.1) is 11.3 Å². The van der Waals surface area contributed by atoms with Crippen molar-refractivity contribution in [3.8, 4) is 10.4 Å². The van der Waals surface area contributed by atoms with Crippen molar-refractivity contribution in [1.29, 1.82) is 0 Å². The third-order valence-electron chi connectivity index (χ3n) is 6.99. The molecule has 2 heterocycles. The number of aromatic nitrogens is 1. The summed E-state index contributed by atoms with van der Waals surface area (Å²) in [5.41, 5.74) is 0.482. The number of nitrogens with one attached hydrogen (secondary N) is 1. The maximum absolute atomic E-state index is 14.9. The van der Waals surface area contributed by atoms with Crippen molar-refractivity contribution < 1.29 is 36.4 Å². The Balaban J connectivity index is 1.93. The summed E-state index contributed by atoms with van der Waals surface area (Å²) in [6.45, 7) is 0.976. The smallest absolute Gasteiger partial charge is 0.415 e. The summed E-state index contributed by atoms with van der Waals surface area (Å²) >= 11 is 0.966. The average molecular weight is 703 g/mol. The topological polar surface area (TPSA) is 155 Å². The highest BCUT2D eigenvalue weighted by molar-refractivity contribution is 7.92. The number of nitro groups is 1. The Morgan fingerprint density at radius 1 is 1.00 bits per heavy atom. The largest absolute Gasteiger partial charge is 0.449 e. The maximum Gasteiger partial charge on any atom is 0.415 e. The third-order valence-corrected chi connectivity index (χ3v) is 9.50. The Hall–Kier alpha value is -5.00. The first kappa shape index (κ1) is 35.8. The van der Waals surface area contributed by atoms with Gasteiger partial charge in [-0.1, -0.05) is 6.07 Å². The van der Waals surface area contributed by atoms with Gasteiger partial charge in [-0.05, 0) is 68.5 Å². The van der Waals surface area contributed by atoms with Crippen LogP contribution in [-0.2, 0) is 27.8 Å². The highest BCUT2D eigenvalue weighted by Crippen LogP contribution is 2.44. The zero-order valence-electron chi connectivity index (χ0n) is 26.6. The van der Waals surface area contributed by atoms with E-state index < -0.39 is 50.7 Å². The van der Waals surface area contributed by atoms with Gasteiger partial charge in [-0.2, -0.15) is 0 Å². The van der Waals surface area contributed by atoms with E-state index in [2.05, 4.69) is 10.3 Å². The number of rotatable bonds is 12. The number of nitrogens with zero attached hydrogens (tertiary/aromatic N) is 5. The molecule has 0 bridgehead atoms. The second-order valence-electron chi connectivity index (χ2n) is 10.7. The van der Waals surface area contributed by atoms with Crippen molar-refractivity contribution in [3.05, 3.63) is 99.2 Å². The number of pyridine rings is 1. The number of anilines is 3. The van der Waals surface area contributed by atoms with Gasteiger partial charge in [0.15, 0.2) is 0 Å². The van der Waals surface area contributed by atoms with Crippen LogP contribution in [0.5, 0.6) is 0 Å². The summed E-state index contributed by atoms with van der Waals surface area (Å²) in [5, 5.41) is 14.0. The van der Waals surface area contributed by atoms with E-state index in [0.717, 1.165) is 38.9 Å². The summed E-state index contributed by atoms with van der Waals surface area (Å²) < 4.78 is 60.0.